The van der Waals surface area contributed by atoms with Crippen LogP contribution in [0, 0.1) is 12.8 Å². The maximum Gasteiger partial charge on any atom is 0.524 e. The average molecular weight is 624 g/mol. The van der Waals surface area contributed by atoms with Gasteiger partial charge in [-0.3, -0.25) is 19.4 Å². The quantitative estimate of drug-likeness (QED) is 0.183. The zero-order chi connectivity index (χ0) is 32.2. The topological polar surface area (TPSA) is 181 Å². The number of rotatable bonds is 9. The Labute approximate surface area is 252 Å². The fraction of sp³-hybridized carbons (Fsp3) is 0.200. The van der Waals surface area contributed by atoms with E-state index in [1.807, 2.05) is 6.08 Å². The summed E-state index contributed by atoms with van der Waals surface area (Å²) in [5, 5.41) is 5.18. The van der Waals surface area contributed by atoms with Crippen molar-refractivity contribution in [3.8, 4) is 5.75 Å². The first-order valence-electron chi connectivity index (χ1n) is 13.2. The van der Waals surface area contributed by atoms with Crippen molar-refractivity contribution >= 4 is 37.4 Å². The number of fused-ring (bicyclic) bond motifs is 1. The minimum atomic E-state index is -4.77. The second-order valence-corrected chi connectivity index (χ2v) is 10.8. The van der Waals surface area contributed by atoms with Crippen molar-refractivity contribution in [1.82, 2.24) is 10.6 Å². The Balaban J connectivity index is 1.62. The molecule has 0 spiro atoms. The fourth-order valence-electron chi connectivity index (χ4n) is 4.76. The molecule has 4 N–H and O–H groups in total. The third-order valence-corrected chi connectivity index (χ3v) is 7.31. The molecule has 2 aromatic rings. The van der Waals surface area contributed by atoms with Gasteiger partial charge in [-0.25, -0.2) is 19.1 Å². The van der Waals surface area contributed by atoms with E-state index in [0.29, 0.717) is 33.7 Å². The summed E-state index contributed by atoms with van der Waals surface area (Å²) in [6.07, 6.45) is 6.19. The first-order valence-corrected chi connectivity index (χ1v) is 14.7. The van der Waals surface area contributed by atoms with E-state index in [1.54, 1.807) is 44.2 Å². The summed E-state index contributed by atoms with van der Waals surface area (Å²) in [6.45, 7) is 2.75. The molecule has 14 heteroatoms. The largest absolute Gasteiger partial charge is 0.524 e. The number of carbonyl (C=O) groups excluding carboxylic acids is 4. The minimum absolute atomic E-state index is 0.00704. The van der Waals surface area contributed by atoms with Crippen LogP contribution in [0.5, 0.6) is 5.75 Å². The Morgan fingerprint density at radius 2 is 1.59 bits per heavy atom. The van der Waals surface area contributed by atoms with E-state index < -0.39 is 26.7 Å². The molecule has 1 unspecified atom stereocenters. The van der Waals surface area contributed by atoms with Gasteiger partial charge in [-0.1, -0.05) is 24.3 Å². The molecule has 2 aliphatic carbocycles. The van der Waals surface area contributed by atoms with E-state index in [4.69, 9.17) is 19.3 Å². The number of phosphoric ester groups is 1. The maximum atomic E-state index is 13.7. The Morgan fingerprint density at radius 1 is 0.932 bits per heavy atom. The molecule has 0 saturated heterocycles. The monoisotopic (exact) mass is 623 g/mol. The fourth-order valence-corrected chi connectivity index (χ4v) is 5.16. The van der Waals surface area contributed by atoms with Gasteiger partial charge in [0, 0.05) is 31.1 Å². The Bertz CT molecular complexity index is 1680. The van der Waals surface area contributed by atoms with Gasteiger partial charge >= 0.3 is 19.9 Å². The second-order valence-electron chi connectivity index (χ2n) is 9.64. The van der Waals surface area contributed by atoms with Crippen molar-refractivity contribution in [2.75, 3.05) is 25.8 Å². The highest BCUT2D eigenvalue weighted by Gasteiger charge is 2.35. The second kappa shape index (κ2) is 13.1. The number of anilines is 1. The van der Waals surface area contributed by atoms with Gasteiger partial charge < -0.3 is 24.6 Å². The smallest absolute Gasteiger partial charge is 0.424 e. The van der Waals surface area contributed by atoms with Crippen LogP contribution in [0.2, 0.25) is 0 Å². The molecule has 0 saturated carbocycles. The minimum Gasteiger partial charge on any atom is -0.424 e. The summed E-state index contributed by atoms with van der Waals surface area (Å²) in [6, 6.07) is 9.62. The lowest BCUT2D eigenvalue weighted by atomic mass is 9.91. The first kappa shape index (κ1) is 32.0. The summed E-state index contributed by atoms with van der Waals surface area (Å²) < 4.78 is 26.0. The third kappa shape index (κ3) is 6.97. The summed E-state index contributed by atoms with van der Waals surface area (Å²) in [5.41, 5.74) is 3.45. The van der Waals surface area contributed by atoms with Crippen LogP contribution < -0.4 is 20.1 Å². The van der Waals surface area contributed by atoms with Crippen LogP contribution in [0.4, 0.5) is 10.5 Å². The predicted octanol–water partition coefficient (Wildman–Crippen LogP) is 3.66. The van der Waals surface area contributed by atoms with Crippen molar-refractivity contribution in [1.29, 1.82) is 0 Å². The van der Waals surface area contributed by atoms with Crippen LogP contribution in [0.3, 0.4) is 0 Å². The summed E-state index contributed by atoms with van der Waals surface area (Å²) >= 11 is 0. The lowest BCUT2D eigenvalue weighted by molar-refractivity contribution is -0.116. The number of ether oxygens (including phenoxy) is 2. The molecule has 4 rings (SSSR count). The highest BCUT2D eigenvalue weighted by Crippen LogP contribution is 2.42. The SMILES string of the molecule is CNC(=O)C1=CC2C=CC=C(N(C(=O)OCOC(=O)c3ccc(OP(=O)(O)O)cc3)c3cc(C(=O)NC)ccc3C)C2=C1C. The number of likely N-dealkylation sites (N-methyl/N-ethyl adjacent to an activating group) is 1. The summed E-state index contributed by atoms with van der Waals surface area (Å²) in [5.74, 6) is -2.00. The number of nitrogens with zero attached hydrogens (tertiary/aromatic N) is 1. The molecule has 3 amide bonds. The molecule has 1 atom stereocenters. The number of hydrogen-bond acceptors (Lipinski definition) is 8. The molecule has 0 aromatic heterocycles. The van der Waals surface area contributed by atoms with E-state index in [9.17, 15) is 23.7 Å². The Morgan fingerprint density at radius 3 is 2.23 bits per heavy atom. The summed E-state index contributed by atoms with van der Waals surface area (Å²) in [7, 11) is -1.76. The van der Waals surface area contributed by atoms with Crippen LogP contribution in [0.25, 0.3) is 0 Å². The first-order chi connectivity index (χ1) is 20.8. The number of esters is 1. The molecule has 0 fully saturated rings. The zero-order valence-corrected chi connectivity index (χ0v) is 25.1. The number of benzene rings is 2. The number of amides is 3. The number of aryl methyl sites for hydroxylation is 1. The average Bonchev–Trinajstić information content (AvgIpc) is 3.33. The van der Waals surface area contributed by atoms with E-state index in [1.165, 1.54) is 49.3 Å². The molecule has 44 heavy (non-hydrogen) atoms. The van der Waals surface area contributed by atoms with Crippen molar-refractivity contribution < 1.29 is 47.5 Å². The Hall–Kier alpha value is -4.97. The van der Waals surface area contributed by atoms with Crippen molar-refractivity contribution in [3.63, 3.8) is 0 Å². The number of nitrogens with one attached hydrogen (secondary N) is 2. The van der Waals surface area contributed by atoms with Crippen LogP contribution in [-0.2, 0) is 18.8 Å². The molecule has 230 valence electrons. The molecule has 2 aliphatic rings. The lowest BCUT2D eigenvalue weighted by Gasteiger charge is -2.30. The third-order valence-electron chi connectivity index (χ3n) is 6.86. The van der Waals surface area contributed by atoms with Crippen molar-refractivity contribution in [3.05, 3.63) is 106 Å². The highest BCUT2D eigenvalue weighted by atomic mass is 31.2. The molecular weight excluding hydrogens is 593 g/mol. The molecule has 0 radical (unpaired) electrons. The van der Waals surface area contributed by atoms with Gasteiger partial charge in [0.05, 0.1) is 16.9 Å². The van der Waals surface area contributed by atoms with Gasteiger partial charge in [-0.15, -0.1) is 0 Å². The van der Waals surface area contributed by atoms with Gasteiger partial charge in [0.2, 0.25) is 6.79 Å². The maximum absolute atomic E-state index is 13.7. The zero-order valence-electron chi connectivity index (χ0n) is 24.2. The highest BCUT2D eigenvalue weighted by molar-refractivity contribution is 7.46. The van der Waals surface area contributed by atoms with E-state index in [-0.39, 0.29) is 34.6 Å². The number of allylic oxidation sites excluding steroid dienone is 5. The molecule has 13 nitrogen and oxygen atoms in total. The van der Waals surface area contributed by atoms with E-state index >= 15 is 0 Å². The molecule has 0 heterocycles. The van der Waals surface area contributed by atoms with Gasteiger partial charge in [-0.2, -0.15) is 0 Å². The molecule has 0 aliphatic heterocycles. The van der Waals surface area contributed by atoms with E-state index in [2.05, 4.69) is 15.2 Å². The van der Waals surface area contributed by atoms with Gasteiger partial charge in [-0.05, 0) is 73.0 Å². The van der Waals surface area contributed by atoms with Crippen molar-refractivity contribution in [2.24, 2.45) is 5.92 Å². The van der Waals surface area contributed by atoms with Crippen LogP contribution in [0.1, 0.15) is 33.2 Å². The van der Waals surface area contributed by atoms with Gasteiger partial charge in [0.1, 0.15) is 5.75 Å². The lowest BCUT2D eigenvalue weighted by Crippen LogP contribution is -2.35. The standard InChI is InChI=1S/C30H30N3O10P/c1-17-8-9-21(27(34)31-3)15-25(17)33(24-7-5-6-20-14-23(28(35)32-4)18(2)26(20)24)30(37)42-16-41-29(36)19-10-12-22(13-11-19)43-44(38,39)40/h5-15,20H,16H2,1-4H3,(H,31,34)(H,32,35)(H2,38,39,40). The van der Waals surface area contributed by atoms with Gasteiger partial charge in [0.15, 0.2) is 0 Å². The van der Waals surface area contributed by atoms with Gasteiger partial charge in [0.25, 0.3) is 11.8 Å². The van der Waals surface area contributed by atoms with Crippen LogP contribution >= 0.6 is 7.82 Å². The molecular formula is C30H30N3O10P. The molecule has 2 aromatic carbocycles. The number of hydrogen-bond donors (Lipinski definition) is 4. The Kier molecular flexibility index (Phi) is 9.53. The predicted molar refractivity (Wildman–Crippen MR) is 158 cm³/mol. The normalized spacial score (nSPS) is 15.5. The summed E-state index contributed by atoms with van der Waals surface area (Å²) in [4.78, 5) is 70.4. The molecule has 0 bridgehead atoms. The van der Waals surface area contributed by atoms with Crippen molar-refractivity contribution in [2.45, 2.75) is 13.8 Å². The van der Waals surface area contributed by atoms with Crippen LogP contribution in [-0.4, -0.2) is 54.6 Å². The van der Waals surface area contributed by atoms with E-state index in [0.717, 1.165) is 0 Å². The number of phosphoric acid groups is 1. The number of carbonyl (C=O) groups is 4. The van der Waals surface area contributed by atoms with Crippen LogP contribution in [0.15, 0.2) is 89.2 Å².